The van der Waals surface area contributed by atoms with Crippen LogP contribution < -0.4 is 15.5 Å². The maximum absolute atomic E-state index is 13.9. The van der Waals surface area contributed by atoms with Crippen LogP contribution in [0.1, 0.15) is 35.3 Å². The van der Waals surface area contributed by atoms with Crippen LogP contribution in [0.4, 0.5) is 4.39 Å². The van der Waals surface area contributed by atoms with E-state index in [9.17, 15) is 14.0 Å². The standard InChI is InChI=1S/C26H24Br2FN3O3/c1-16(2)24(31-25(33)20-5-3-4-6-22(20)29)26(34)32-30-14-18-9-12-23(21(28)13-18)35-15-17-7-10-19(27)11-8-17/h3-14,16,24H,15H2,1-2H3,(H,31,33)(H,32,34)/b30-14+. The van der Waals surface area contributed by atoms with Crippen molar-refractivity contribution in [3.05, 3.63) is 98.2 Å². The van der Waals surface area contributed by atoms with Crippen molar-refractivity contribution in [2.75, 3.05) is 0 Å². The summed E-state index contributed by atoms with van der Waals surface area (Å²) in [5, 5.41) is 6.58. The summed E-state index contributed by atoms with van der Waals surface area (Å²) in [5.74, 6) is -1.39. The minimum Gasteiger partial charge on any atom is -0.488 e. The number of ether oxygens (including phenoxy) is 1. The van der Waals surface area contributed by atoms with Gasteiger partial charge in [-0.3, -0.25) is 9.59 Å². The molecule has 182 valence electrons. The first-order chi connectivity index (χ1) is 16.7. The summed E-state index contributed by atoms with van der Waals surface area (Å²) in [7, 11) is 0. The number of carbonyl (C=O) groups is 2. The fraction of sp³-hybridized carbons (Fsp3) is 0.192. The van der Waals surface area contributed by atoms with Crippen LogP contribution in [0.25, 0.3) is 0 Å². The molecule has 1 atom stereocenters. The van der Waals surface area contributed by atoms with Gasteiger partial charge in [-0.2, -0.15) is 5.10 Å². The third kappa shape index (κ3) is 7.73. The van der Waals surface area contributed by atoms with Gasteiger partial charge >= 0.3 is 0 Å². The first kappa shape index (κ1) is 26.6. The van der Waals surface area contributed by atoms with E-state index in [1.54, 1.807) is 32.0 Å². The lowest BCUT2D eigenvalue weighted by atomic mass is 10.0. The molecule has 6 nitrogen and oxygen atoms in total. The number of amides is 2. The molecule has 0 aromatic heterocycles. The van der Waals surface area contributed by atoms with Crippen LogP contribution in [0.3, 0.4) is 0 Å². The molecule has 0 aliphatic heterocycles. The molecule has 0 saturated heterocycles. The quantitative estimate of drug-likeness (QED) is 0.238. The van der Waals surface area contributed by atoms with Crippen molar-refractivity contribution in [2.24, 2.45) is 11.0 Å². The van der Waals surface area contributed by atoms with Gasteiger partial charge < -0.3 is 10.1 Å². The molecule has 2 amide bonds. The van der Waals surface area contributed by atoms with Gasteiger partial charge in [-0.1, -0.05) is 54.0 Å². The Morgan fingerprint density at radius 3 is 2.43 bits per heavy atom. The molecular weight excluding hydrogens is 581 g/mol. The Bertz CT molecular complexity index is 1220. The molecule has 1 unspecified atom stereocenters. The number of benzene rings is 3. The number of rotatable bonds is 9. The van der Waals surface area contributed by atoms with Gasteiger partial charge in [0.1, 0.15) is 24.2 Å². The lowest BCUT2D eigenvalue weighted by Crippen LogP contribution is -2.48. The zero-order valence-electron chi connectivity index (χ0n) is 19.1. The highest BCUT2D eigenvalue weighted by Gasteiger charge is 2.25. The van der Waals surface area contributed by atoms with Gasteiger partial charge in [0.15, 0.2) is 0 Å². The van der Waals surface area contributed by atoms with Crippen molar-refractivity contribution >= 4 is 49.9 Å². The van der Waals surface area contributed by atoms with Gasteiger partial charge in [-0.15, -0.1) is 0 Å². The summed E-state index contributed by atoms with van der Waals surface area (Å²) in [6, 6.07) is 18.0. The Balaban J connectivity index is 1.58. The zero-order valence-corrected chi connectivity index (χ0v) is 22.3. The second-order valence-corrected chi connectivity index (χ2v) is 9.78. The summed E-state index contributed by atoms with van der Waals surface area (Å²) in [6.45, 7) is 3.98. The van der Waals surface area contributed by atoms with E-state index < -0.39 is 23.7 Å². The number of hydrazone groups is 1. The second kappa shape index (κ2) is 12.6. The number of hydrogen-bond acceptors (Lipinski definition) is 4. The first-order valence-electron chi connectivity index (χ1n) is 10.8. The predicted octanol–water partition coefficient (Wildman–Crippen LogP) is 5.83. The minimum absolute atomic E-state index is 0.123. The van der Waals surface area contributed by atoms with Crippen LogP contribution in [0.2, 0.25) is 0 Å². The highest BCUT2D eigenvalue weighted by molar-refractivity contribution is 9.10. The van der Waals surface area contributed by atoms with Gasteiger partial charge in [0.05, 0.1) is 16.3 Å². The Morgan fingerprint density at radius 1 is 1.06 bits per heavy atom. The molecular formula is C26H24Br2FN3O3. The van der Waals surface area contributed by atoms with Gasteiger partial charge in [0.25, 0.3) is 11.8 Å². The van der Waals surface area contributed by atoms with Crippen molar-refractivity contribution < 1.29 is 18.7 Å². The zero-order chi connectivity index (χ0) is 25.4. The average molecular weight is 605 g/mol. The Morgan fingerprint density at radius 2 is 1.77 bits per heavy atom. The van der Waals surface area contributed by atoms with Crippen molar-refractivity contribution in [3.63, 3.8) is 0 Å². The van der Waals surface area contributed by atoms with Crippen LogP contribution in [-0.4, -0.2) is 24.1 Å². The molecule has 9 heteroatoms. The topological polar surface area (TPSA) is 79.8 Å². The molecule has 0 aliphatic rings. The molecule has 0 heterocycles. The molecule has 35 heavy (non-hydrogen) atoms. The number of halogens is 3. The van der Waals surface area contributed by atoms with E-state index in [0.29, 0.717) is 12.4 Å². The molecule has 2 N–H and O–H groups in total. The summed E-state index contributed by atoms with van der Waals surface area (Å²) >= 11 is 6.90. The largest absolute Gasteiger partial charge is 0.488 e. The highest BCUT2D eigenvalue weighted by Crippen LogP contribution is 2.26. The van der Waals surface area contributed by atoms with Crippen LogP contribution in [0.15, 0.2) is 80.8 Å². The summed E-state index contributed by atoms with van der Waals surface area (Å²) in [6.07, 6.45) is 1.48. The molecule has 0 radical (unpaired) electrons. The van der Waals surface area contributed by atoms with E-state index in [4.69, 9.17) is 4.74 Å². The molecule has 0 bridgehead atoms. The molecule has 0 fully saturated rings. The van der Waals surface area contributed by atoms with Crippen molar-refractivity contribution in [1.82, 2.24) is 10.7 Å². The number of hydrogen-bond donors (Lipinski definition) is 2. The predicted molar refractivity (Wildman–Crippen MR) is 141 cm³/mol. The van der Waals surface area contributed by atoms with Crippen LogP contribution in [-0.2, 0) is 11.4 Å². The van der Waals surface area contributed by atoms with Crippen LogP contribution >= 0.6 is 31.9 Å². The maximum atomic E-state index is 13.9. The van der Waals surface area contributed by atoms with E-state index in [0.717, 1.165) is 20.1 Å². The molecule has 3 aromatic rings. The normalized spacial score (nSPS) is 11.9. The molecule has 0 saturated carbocycles. The lowest BCUT2D eigenvalue weighted by molar-refractivity contribution is -0.123. The minimum atomic E-state index is -0.889. The van der Waals surface area contributed by atoms with Gasteiger partial charge in [0.2, 0.25) is 0 Å². The van der Waals surface area contributed by atoms with E-state index in [-0.39, 0.29) is 11.5 Å². The van der Waals surface area contributed by atoms with Gasteiger partial charge in [-0.05, 0) is 75.4 Å². The fourth-order valence-electron chi connectivity index (χ4n) is 3.10. The maximum Gasteiger partial charge on any atom is 0.262 e. The third-order valence-electron chi connectivity index (χ3n) is 5.01. The molecule has 3 aromatic carbocycles. The Labute approximate surface area is 220 Å². The first-order valence-corrected chi connectivity index (χ1v) is 12.4. The number of nitrogens with zero attached hydrogens (tertiary/aromatic N) is 1. The molecule has 3 rings (SSSR count). The van der Waals surface area contributed by atoms with Gasteiger partial charge in [0, 0.05) is 4.47 Å². The van der Waals surface area contributed by atoms with E-state index in [1.807, 2.05) is 30.3 Å². The van der Waals surface area contributed by atoms with Crippen LogP contribution in [0, 0.1) is 11.7 Å². The number of nitrogens with one attached hydrogen (secondary N) is 2. The van der Waals surface area contributed by atoms with Crippen molar-refractivity contribution in [3.8, 4) is 5.75 Å². The van der Waals surface area contributed by atoms with Gasteiger partial charge in [-0.25, -0.2) is 9.82 Å². The van der Waals surface area contributed by atoms with E-state index in [2.05, 4.69) is 47.7 Å². The highest BCUT2D eigenvalue weighted by atomic mass is 79.9. The summed E-state index contributed by atoms with van der Waals surface area (Å²) in [4.78, 5) is 25.0. The molecule has 0 spiro atoms. The summed E-state index contributed by atoms with van der Waals surface area (Å²) in [5.41, 5.74) is 4.08. The summed E-state index contributed by atoms with van der Waals surface area (Å²) < 4.78 is 21.5. The Hall–Kier alpha value is -3.04. The lowest BCUT2D eigenvalue weighted by Gasteiger charge is -2.20. The SMILES string of the molecule is CC(C)C(NC(=O)c1ccccc1F)C(=O)N/N=C/c1ccc(OCc2ccc(Br)cc2)c(Br)c1. The van der Waals surface area contributed by atoms with Crippen molar-refractivity contribution in [2.45, 2.75) is 26.5 Å². The third-order valence-corrected chi connectivity index (χ3v) is 6.15. The second-order valence-electron chi connectivity index (χ2n) is 8.01. The van der Waals surface area contributed by atoms with E-state index in [1.165, 1.54) is 24.4 Å². The Kier molecular flexibility index (Phi) is 9.56. The smallest absolute Gasteiger partial charge is 0.262 e. The monoisotopic (exact) mass is 603 g/mol. The van der Waals surface area contributed by atoms with E-state index >= 15 is 0 Å². The number of carbonyl (C=O) groups excluding carboxylic acids is 2. The van der Waals surface area contributed by atoms with Crippen molar-refractivity contribution in [1.29, 1.82) is 0 Å². The fourth-order valence-corrected chi connectivity index (χ4v) is 3.87. The average Bonchev–Trinajstić information content (AvgIpc) is 2.83. The van der Waals surface area contributed by atoms with Crippen LogP contribution in [0.5, 0.6) is 5.75 Å². The molecule has 0 aliphatic carbocycles.